The van der Waals surface area contributed by atoms with Crippen LogP contribution in [0.4, 0.5) is 22.0 Å². The van der Waals surface area contributed by atoms with Crippen LogP contribution in [0.5, 0.6) is 5.75 Å². The third-order valence-electron chi connectivity index (χ3n) is 2.28. The molecular formula is C12H13N5O2. The maximum atomic E-state index is 11.8. The minimum Gasteiger partial charge on any atom is -0.494 e. The first kappa shape index (κ1) is 12.6. The highest BCUT2D eigenvalue weighted by Gasteiger charge is 2.08. The van der Waals surface area contributed by atoms with Crippen LogP contribution in [0.1, 0.15) is 0 Å². The van der Waals surface area contributed by atoms with Crippen LogP contribution in [0.3, 0.4) is 0 Å². The maximum Gasteiger partial charge on any atom is 0.324 e. The standard InChI is InChI=1S/C12H13N5O2/c1-19-10-6-8(13)2-3-9(10)16-12(18)17-11-7-14-4-5-15-11/h2-7H,13H2,1H3,(H2,15,16,17,18). The van der Waals surface area contributed by atoms with E-state index in [1.807, 2.05) is 0 Å². The van der Waals surface area contributed by atoms with Crippen molar-refractivity contribution in [3.63, 3.8) is 0 Å². The van der Waals surface area contributed by atoms with Crippen LogP contribution in [0.15, 0.2) is 36.8 Å². The summed E-state index contributed by atoms with van der Waals surface area (Å²) in [7, 11) is 1.50. The topological polar surface area (TPSA) is 102 Å². The number of aromatic nitrogens is 2. The third kappa shape index (κ3) is 3.32. The van der Waals surface area contributed by atoms with Gasteiger partial charge in [-0.15, -0.1) is 0 Å². The molecule has 0 saturated heterocycles. The van der Waals surface area contributed by atoms with Gasteiger partial charge in [0.05, 0.1) is 19.0 Å². The Kier molecular flexibility index (Phi) is 3.77. The minimum atomic E-state index is -0.441. The van der Waals surface area contributed by atoms with Crippen molar-refractivity contribution >= 4 is 23.2 Å². The lowest BCUT2D eigenvalue weighted by atomic mass is 10.2. The van der Waals surface area contributed by atoms with E-state index in [0.717, 1.165) is 0 Å². The molecule has 4 N–H and O–H groups in total. The Bertz CT molecular complexity index is 574. The van der Waals surface area contributed by atoms with Crippen LogP contribution < -0.4 is 21.1 Å². The second kappa shape index (κ2) is 5.67. The number of nitrogens with zero attached hydrogens (tertiary/aromatic N) is 2. The Morgan fingerprint density at radius 3 is 2.84 bits per heavy atom. The summed E-state index contributed by atoms with van der Waals surface area (Å²) >= 11 is 0. The zero-order chi connectivity index (χ0) is 13.7. The number of hydrogen-bond donors (Lipinski definition) is 3. The van der Waals surface area contributed by atoms with Crippen molar-refractivity contribution in [3.8, 4) is 5.75 Å². The number of hydrogen-bond acceptors (Lipinski definition) is 5. The van der Waals surface area contributed by atoms with Crippen molar-refractivity contribution in [2.75, 3.05) is 23.5 Å². The number of rotatable bonds is 3. The lowest BCUT2D eigenvalue weighted by molar-refractivity contribution is 0.262. The van der Waals surface area contributed by atoms with E-state index in [2.05, 4.69) is 20.6 Å². The van der Waals surface area contributed by atoms with Gasteiger partial charge in [0.15, 0.2) is 5.82 Å². The number of nitrogens with two attached hydrogens (primary N) is 1. The van der Waals surface area contributed by atoms with E-state index in [1.54, 1.807) is 18.2 Å². The number of ether oxygens (including phenoxy) is 1. The largest absolute Gasteiger partial charge is 0.494 e. The number of carbonyl (C=O) groups excluding carboxylic acids is 1. The van der Waals surface area contributed by atoms with Gasteiger partial charge in [0.2, 0.25) is 0 Å². The summed E-state index contributed by atoms with van der Waals surface area (Å²) in [6.45, 7) is 0. The molecule has 0 unspecified atom stereocenters. The van der Waals surface area contributed by atoms with Crippen molar-refractivity contribution in [2.45, 2.75) is 0 Å². The molecule has 0 aliphatic heterocycles. The number of methoxy groups -OCH3 is 1. The first-order valence-electron chi connectivity index (χ1n) is 5.46. The molecule has 0 bridgehead atoms. The lowest BCUT2D eigenvalue weighted by Crippen LogP contribution is -2.20. The van der Waals surface area contributed by atoms with Gasteiger partial charge in [-0.3, -0.25) is 10.3 Å². The van der Waals surface area contributed by atoms with Crippen LogP contribution in [0.2, 0.25) is 0 Å². The zero-order valence-electron chi connectivity index (χ0n) is 10.3. The molecule has 7 nitrogen and oxygen atoms in total. The van der Waals surface area contributed by atoms with E-state index >= 15 is 0 Å². The van der Waals surface area contributed by atoms with Crippen LogP contribution in [-0.2, 0) is 0 Å². The van der Waals surface area contributed by atoms with Gasteiger partial charge in [-0.2, -0.15) is 0 Å². The summed E-state index contributed by atoms with van der Waals surface area (Å²) in [5.74, 6) is 0.837. The molecule has 98 valence electrons. The van der Waals surface area contributed by atoms with Crippen molar-refractivity contribution in [1.29, 1.82) is 0 Å². The Labute approximate surface area is 109 Å². The molecule has 0 aliphatic rings. The Hall–Kier alpha value is -2.83. The molecule has 0 aliphatic carbocycles. The number of nitrogens with one attached hydrogen (secondary N) is 2. The molecule has 1 aromatic heterocycles. The highest BCUT2D eigenvalue weighted by Crippen LogP contribution is 2.26. The van der Waals surface area contributed by atoms with Gasteiger partial charge in [-0.1, -0.05) is 0 Å². The van der Waals surface area contributed by atoms with Crippen molar-refractivity contribution in [2.24, 2.45) is 0 Å². The first-order valence-corrected chi connectivity index (χ1v) is 5.46. The van der Waals surface area contributed by atoms with E-state index in [0.29, 0.717) is 22.9 Å². The second-order valence-electron chi connectivity index (χ2n) is 3.63. The zero-order valence-corrected chi connectivity index (χ0v) is 10.3. The van der Waals surface area contributed by atoms with Gasteiger partial charge in [-0.05, 0) is 12.1 Å². The second-order valence-corrected chi connectivity index (χ2v) is 3.63. The van der Waals surface area contributed by atoms with E-state index in [4.69, 9.17) is 10.5 Å². The highest BCUT2D eigenvalue weighted by atomic mass is 16.5. The van der Waals surface area contributed by atoms with Crippen LogP contribution in [0, 0.1) is 0 Å². The molecule has 7 heteroatoms. The monoisotopic (exact) mass is 259 g/mol. The molecule has 0 radical (unpaired) electrons. The fraction of sp³-hybridized carbons (Fsp3) is 0.0833. The molecule has 1 heterocycles. The molecular weight excluding hydrogens is 246 g/mol. The van der Waals surface area contributed by atoms with Crippen LogP contribution >= 0.6 is 0 Å². The predicted molar refractivity (Wildman–Crippen MR) is 72.1 cm³/mol. The van der Waals surface area contributed by atoms with Crippen molar-refractivity contribution in [1.82, 2.24) is 9.97 Å². The predicted octanol–water partition coefficient (Wildman–Crippen LogP) is 1.71. The van der Waals surface area contributed by atoms with E-state index < -0.39 is 6.03 Å². The summed E-state index contributed by atoms with van der Waals surface area (Å²) in [5, 5.41) is 5.18. The van der Waals surface area contributed by atoms with Crippen molar-refractivity contribution < 1.29 is 9.53 Å². The summed E-state index contributed by atoms with van der Waals surface area (Å²) in [6, 6.07) is 4.51. The highest BCUT2D eigenvalue weighted by molar-refractivity contribution is 6.00. The average Bonchev–Trinajstić information content (AvgIpc) is 2.42. The fourth-order valence-electron chi connectivity index (χ4n) is 1.44. The maximum absolute atomic E-state index is 11.8. The fourth-order valence-corrected chi connectivity index (χ4v) is 1.44. The summed E-state index contributed by atoms with van der Waals surface area (Å²) in [5.41, 5.74) is 6.70. The molecule has 0 atom stereocenters. The molecule has 0 fully saturated rings. The quantitative estimate of drug-likeness (QED) is 0.728. The van der Waals surface area contributed by atoms with Gasteiger partial charge < -0.3 is 15.8 Å². The van der Waals surface area contributed by atoms with E-state index in [9.17, 15) is 4.79 Å². The molecule has 0 spiro atoms. The number of amides is 2. The average molecular weight is 259 g/mol. The molecule has 19 heavy (non-hydrogen) atoms. The number of urea groups is 1. The number of nitrogen functional groups attached to an aromatic ring is 1. The Morgan fingerprint density at radius 2 is 2.16 bits per heavy atom. The molecule has 0 saturated carbocycles. The van der Waals surface area contributed by atoms with Gasteiger partial charge in [0, 0.05) is 24.1 Å². The lowest BCUT2D eigenvalue weighted by Gasteiger charge is -2.11. The summed E-state index contributed by atoms with van der Waals surface area (Å²) in [4.78, 5) is 19.5. The molecule has 1 aromatic carbocycles. The normalized spacial score (nSPS) is 9.74. The number of anilines is 3. The summed E-state index contributed by atoms with van der Waals surface area (Å²) in [6.07, 6.45) is 4.45. The Balaban J connectivity index is 2.07. The van der Waals surface area contributed by atoms with Crippen LogP contribution in [0.25, 0.3) is 0 Å². The first-order chi connectivity index (χ1) is 9.19. The van der Waals surface area contributed by atoms with Crippen LogP contribution in [-0.4, -0.2) is 23.1 Å². The van der Waals surface area contributed by atoms with E-state index in [-0.39, 0.29) is 0 Å². The molecule has 2 rings (SSSR count). The van der Waals surface area contributed by atoms with Crippen molar-refractivity contribution in [3.05, 3.63) is 36.8 Å². The summed E-state index contributed by atoms with van der Waals surface area (Å²) < 4.78 is 5.13. The van der Waals surface area contributed by atoms with E-state index in [1.165, 1.54) is 25.7 Å². The molecule has 2 amide bonds. The minimum absolute atomic E-state index is 0.356. The smallest absolute Gasteiger partial charge is 0.324 e. The van der Waals surface area contributed by atoms with Gasteiger partial charge in [-0.25, -0.2) is 9.78 Å². The SMILES string of the molecule is COc1cc(N)ccc1NC(=O)Nc1cnccn1. The molecule has 2 aromatic rings. The number of carbonyl (C=O) groups is 1. The van der Waals surface area contributed by atoms with Gasteiger partial charge >= 0.3 is 6.03 Å². The number of benzene rings is 1. The third-order valence-corrected chi connectivity index (χ3v) is 2.28. The van der Waals surface area contributed by atoms with Gasteiger partial charge in [0.1, 0.15) is 5.75 Å². The Morgan fingerprint density at radius 1 is 1.32 bits per heavy atom. The van der Waals surface area contributed by atoms with Gasteiger partial charge in [0.25, 0.3) is 0 Å².